The van der Waals surface area contributed by atoms with Gasteiger partial charge in [-0.1, -0.05) is 0 Å². The predicted octanol–water partition coefficient (Wildman–Crippen LogP) is -2.71. The summed E-state index contributed by atoms with van der Waals surface area (Å²) in [5.74, 6) is 0. The van der Waals surface area contributed by atoms with E-state index in [1.165, 1.54) is 0 Å². The fourth-order valence-electron chi connectivity index (χ4n) is 0.792. The Morgan fingerprint density at radius 2 is 1.50 bits per heavy atom. The number of aliphatic hydroxyl groups excluding tert-OH is 4. The average molecular weight is 312 g/mol. The monoisotopic (exact) mass is 312 g/mol. The predicted molar refractivity (Wildman–Crippen MR) is 54.0 cm³/mol. The Labute approximate surface area is 101 Å². The molecule has 110 valence electrons. The Balaban J connectivity index is 4.32. The van der Waals surface area contributed by atoms with Gasteiger partial charge in [0.2, 0.25) is 0 Å². The molecule has 0 aromatic rings. The molecule has 0 saturated carbocycles. The van der Waals surface area contributed by atoms with E-state index in [9.17, 15) is 9.13 Å². The van der Waals surface area contributed by atoms with Gasteiger partial charge in [-0.15, -0.1) is 0 Å². The normalized spacial score (nSPS) is 21.1. The molecule has 0 aliphatic heterocycles. The molecule has 0 aromatic carbocycles. The van der Waals surface area contributed by atoms with Crippen LogP contribution in [0.3, 0.4) is 0 Å². The highest BCUT2D eigenvalue weighted by Gasteiger charge is 2.34. The van der Waals surface area contributed by atoms with Crippen molar-refractivity contribution in [3.63, 3.8) is 0 Å². The third kappa shape index (κ3) is 7.52. The van der Waals surface area contributed by atoms with Crippen LogP contribution in [-0.4, -0.2) is 66.6 Å². The molecule has 0 rings (SSSR count). The first kappa shape index (κ1) is 18.1. The zero-order valence-corrected chi connectivity index (χ0v) is 10.6. The molecule has 11 nitrogen and oxygen atoms in total. The largest absolute Gasteiger partial charge is 0.481 e. The van der Waals surface area contributed by atoms with Gasteiger partial charge in [-0.2, -0.15) is 4.31 Å². The molecule has 18 heavy (non-hydrogen) atoms. The fraction of sp³-hybridized carbons (Fsp3) is 1.00. The summed E-state index contributed by atoms with van der Waals surface area (Å²) in [6.07, 6.45) is -5.48. The van der Waals surface area contributed by atoms with Crippen molar-refractivity contribution in [3.8, 4) is 0 Å². The van der Waals surface area contributed by atoms with Gasteiger partial charge in [-0.25, -0.2) is 9.13 Å². The van der Waals surface area contributed by atoms with Crippen LogP contribution in [0.2, 0.25) is 0 Å². The second-order valence-corrected chi connectivity index (χ2v) is 5.97. The maximum atomic E-state index is 10.9. The maximum absolute atomic E-state index is 10.9. The number of phosphoric ester groups is 1. The molecular weight excluding hydrogens is 298 g/mol. The zero-order valence-electron chi connectivity index (χ0n) is 8.80. The van der Waals surface area contributed by atoms with Crippen molar-refractivity contribution < 1.29 is 53.1 Å². The lowest BCUT2D eigenvalue weighted by Crippen LogP contribution is -2.41. The maximum Gasteiger partial charge on any atom is 0.481 e. The SMILES string of the molecule is O=P(O)(O)OP(=O)(O)OC[C@@H](O)[C@@H](O)[C@@H](O)CO. The number of phosphoric acid groups is 2. The molecule has 0 heterocycles. The first-order chi connectivity index (χ1) is 7.98. The van der Waals surface area contributed by atoms with Gasteiger partial charge < -0.3 is 35.1 Å². The van der Waals surface area contributed by atoms with Crippen molar-refractivity contribution in [1.29, 1.82) is 0 Å². The highest BCUT2D eigenvalue weighted by atomic mass is 31.3. The minimum absolute atomic E-state index is 0.881. The molecule has 4 atom stereocenters. The van der Waals surface area contributed by atoms with Crippen molar-refractivity contribution in [2.45, 2.75) is 18.3 Å². The summed E-state index contributed by atoms with van der Waals surface area (Å²) in [4.78, 5) is 25.3. The second kappa shape index (κ2) is 7.04. The summed E-state index contributed by atoms with van der Waals surface area (Å²) in [5, 5.41) is 35.6. The third-order valence-electron chi connectivity index (χ3n) is 1.59. The van der Waals surface area contributed by atoms with Crippen molar-refractivity contribution in [3.05, 3.63) is 0 Å². The van der Waals surface area contributed by atoms with Crippen LogP contribution in [0.15, 0.2) is 0 Å². The molecule has 1 unspecified atom stereocenters. The molecule has 0 saturated heterocycles. The van der Waals surface area contributed by atoms with Gasteiger partial charge in [0.1, 0.15) is 18.3 Å². The summed E-state index contributed by atoms with van der Waals surface area (Å²) in [6, 6.07) is 0. The smallest absolute Gasteiger partial charge is 0.394 e. The van der Waals surface area contributed by atoms with Gasteiger partial charge >= 0.3 is 15.6 Å². The second-order valence-electron chi connectivity index (χ2n) is 3.14. The van der Waals surface area contributed by atoms with Gasteiger partial charge in [0, 0.05) is 0 Å². The zero-order chi connectivity index (χ0) is 14.6. The third-order valence-corrected chi connectivity index (χ3v) is 3.75. The van der Waals surface area contributed by atoms with E-state index in [-0.39, 0.29) is 0 Å². The summed E-state index contributed by atoms with van der Waals surface area (Å²) in [7, 11) is -10.4. The van der Waals surface area contributed by atoms with Crippen LogP contribution in [0.1, 0.15) is 0 Å². The average Bonchev–Trinajstić information content (AvgIpc) is 2.20. The number of hydrogen-bond acceptors (Lipinski definition) is 8. The van der Waals surface area contributed by atoms with E-state index in [1.54, 1.807) is 0 Å². The van der Waals surface area contributed by atoms with Crippen molar-refractivity contribution in [1.82, 2.24) is 0 Å². The fourth-order valence-corrected chi connectivity index (χ4v) is 2.40. The lowest BCUT2D eigenvalue weighted by molar-refractivity contribution is -0.0890. The minimum Gasteiger partial charge on any atom is -0.394 e. The van der Waals surface area contributed by atoms with Crippen molar-refractivity contribution >= 4 is 15.6 Å². The number of hydrogen-bond donors (Lipinski definition) is 7. The van der Waals surface area contributed by atoms with Crippen molar-refractivity contribution in [2.75, 3.05) is 13.2 Å². The van der Waals surface area contributed by atoms with Gasteiger partial charge in [0.05, 0.1) is 13.2 Å². The van der Waals surface area contributed by atoms with Crippen LogP contribution >= 0.6 is 15.6 Å². The van der Waals surface area contributed by atoms with E-state index in [4.69, 9.17) is 35.1 Å². The van der Waals surface area contributed by atoms with Crippen LogP contribution in [-0.2, 0) is 18.0 Å². The van der Waals surface area contributed by atoms with Crippen LogP contribution in [0.5, 0.6) is 0 Å². The Kier molecular flexibility index (Phi) is 7.07. The Morgan fingerprint density at radius 3 is 1.89 bits per heavy atom. The summed E-state index contributed by atoms with van der Waals surface area (Å²) in [6.45, 7) is -1.94. The number of rotatable bonds is 8. The van der Waals surface area contributed by atoms with Crippen LogP contribution in [0, 0.1) is 0 Å². The highest BCUT2D eigenvalue weighted by molar-refractivity contribution is 7.60. The first-order valence-corrected chi connectivity index (χ1v) is 7.40. The Morgan fingerprint density at radius 1 is 1.00 bits per heavy atom. The topological polar surface area (TPSA) is 194 Å². The van der Waals surface area contributed by atoms with E-state index >= 15 is 0 Å². The van der Waals surface area contributed by atoms with Crippen LogP contribution in [0.25, 0.3) is 0 Å². The van der Waals surface area contributed by atoms with E-state index < -0.39 is 47.2 Å². The summed E-state index contributed by atoms with van der Waals surface area (Å²) < 4.78 is 28.5. The molecule has 0 spiro atoms. The molecule has 0 aliphatic carbocycles. The Bertz CT molecular complexity index is 338. The van der Waals surface area contributed by atoms with Crippen LogP contribution < -0.4 is 0 Å². The summed E-state index contributed by atoms with van der Waals surface area (Å²) in [5.41, 5.74) is 0. The highest BCUT2D eigenvalue weighted by Crippen LogP contribution is 2.57. The quantitative estimate of drug-likeness (QED) is 0.230. The molecule has 0 radical (unpaired) electrons. The summed E-state index contributed by atoms with van der Waals surface area (Å²) >= 11 is 0. The molecule has 0 amide bonds. The Hall–Kier alpha value is 0.1000. The molecule has 0 fully saturated rings. The molecular formula is C5H14O11P2. The standard InChI is InChI=1S/C5H14O11P2/c6-1-3(7)5(9)4(8)2-15-18(13,14)16-17(10,11)12/h3-9H,1-2H2,(H,13,14)(H2,10,11,12)/t3-,4+,5-/m0/s1. The van der Waals surface area contributed by atoms with Gasteiger partial charge in [-0.3, -0.25) is 4.52 Å². The van der Waals surface area contributed by atoms with E-state index in [2.05, 4.69) is 8.83 Å². The van der Waals surface area contributed by atoms with E-state index in [1.807, 2.05) is 0 Å². The van der Waals surface area contributed by atoms with E-state index in [0.717, 1.165) is 0 Å². The molecule has 0 aromatic heterocycles. The van der Waals surface area contributed by atoms with Gasteiger partial charge in [0.25, 0.3) is 0 Å². The molecule has 0 aliphatic rings. The first-order valence-electron chi connectivity index (χ1n) is 4.38. The molecule has 0 bridgehead atoms. The number of aliphatic hydroxyl groups is 4. The minimum atomic E-state index is -5.27. The van der Waals surface area contributed by atoms with E-state index in [0.29, 0.717) is 0 Å². The lowest BCUT2D eigenvalue weighted by Gasteiger charge is -2.22. The molecule has 13 heteroatoms. The van der Waals surface area contributed by atoms with Crippen LogP contribution in [0.4, 0.5) is 0 Å². The van der Waals surface area contributed by atoms with Crippen molar-refractivity contribution in [2.24, 2.45) is 0 Å². The molecule has 7 N–H and O–H groups in total. The van der Waals surface area contributed by atoms with Gasteiger partial charge in [0.15, 0.2) is 0 Å². The van der Waals surface area contributed by atoms with Gasteiger partial charge in [-0.05, 0) is 0 Å². The lowest BCUT2D eigenvalue weighted by atomic mass is 10.1.